The average Bonchev–Trinajstić information content (AvgIpc) is 2.10. The maximum absolute atomic E-state index is 11.0. The highest BCUT2D eigenvalue weighted by molar-refractivity contribution is 5.69. The van der Waals surface area contributed by atoms with E-state index in [1.165, 1.54) is 0 Å². The molecule has 0 N–H and O–H groups in total. The van der Waals surface area contributed by atoms with Crippen LogP contribution in [0.4, 0.5) is 0 Å². The molecule has 0 aromatic rings. The minimum atomic E-state index is -0.0860. The Morgan fingerprint density at radius 2 is 2.08 bits per heavy atom. The molecule has 0 aliphatic carbocycles. The van der Waals surface area contributed by atoms with Crippen LogP contribution in [0.15, 0.2) is 0 Å². The molecule has 72 valence electrons. The minimum Gasteiger partial charge on any atom is -0.466 e. The number of nitrogens with zero attached hydrogens (tertiary/aromatic N) is 1. The summed E-state index contributed by atoms with van der Waals surface area (Å²) in [5.41, 5.74) is 0. The zero-order valence-corrected chi connectivity index (χ0v) is 8.30. The number of carbonyl (C=O) groups excluding carboxylic acids is 1. The Morgan fingerprint density at radius 1 is 1.42 bits per heavy atom. The molecule has 0 radical (unpaired) electrons. The second-order valence-electron chi connectivity index (χ2n) is 2.87. The molecule has 0 unspecified atom stereocenters. The Balaban J connectivity index is 3.31. The predicted octanol–water partition coefficient (Wildman–Crippen LogP) is 1.28. The molecule has 3 heteroatoms. The molecular formula is C9H19NO2. The summed E-state index contributed by atoms with van der Waals surface area (Å²) in [7, 11) is 1.99. The van der Waals surface area contributed by atoms with Gasteiger partial charge in [0.05, 0.1) is 13.0 Å². The molecule has 0 fully saturated rings. The van der Waals surface area contributed by atoms with Crippen molar-refractivity contribution in [1.29, 1.82) is 0 Å². The molecule has 0 saturated heterocycles. The summed E-state index contributed by atoms with van der Waals surface area (Å²) in [6.45, 7) is 6.37. The summed E-state index contributed by atoms with van der Waals surface area (Å²) in [6, 6.07) is 0. The van der Waals surface area contributed by atoms with Crippen LogP contribution in [0.5, 0.6) is 0 Å². The van der Waals surface area contributed by atoms with Crippen molar-refractivity contribution in [2.45, 2.75) is 26.7 Å². The third kappa shape index (κ3) is 6.16. The van der Waals surface area contributed by atoms with Crippen LogP contribution in [-0.4, -0.2) is 37.6 Å². The van der Waals surface area contributed by atoms with Crippen molar-refractivity contribution in [2.75, 3.05) is 26.7 Å². The number of ether oxygens (including phenoxy) is 1. The van der Waals surface area contributed by atoms with Gasteiger partial charge < -0.3 is 9.64 Å². The zero-order valence-electron chi connectivity index (χ0n) is 8.30. The fourth-order valence-corrected chi connectivity index (χ4v) is 0.728. The van der Waals surface area contributed by atoms with E-state index in [0.717, 1.165) is 19.5 Å². The molecule has 0 aliphatic rings. The SMILES string of the molecule is CCCOC(=O)CCN(C)CC. The summed E-state index contributed by atoms with van der Waals surface area (Å²) in [5, 5.41) is 0. The topological polar surface area (TPSA) is 29.5 Å². The first-order chi connectivity index (χ1) is 5.70. The van der Waals surface area contributed by atoms with E-state index in [4.69, 9.17) is 4.74 Å². The molecule has 12 heavy (non-hydrogen) atoms. The lowest BCUT2D eigenvalue weighted by atomic mass is 10.4. The molecule has 0 amide bonds. The fraction of sp³-hybridized carbons (Fsp3) is 0.889. The van der Waals surface area contributed by atoms with Crippen LogP contribution >= 0.6 is 0 Å². The standard InChI is InChI=1S/C9H19NO2/c1-4-8-12-9(11)6-7-10(3)5-2/h4-8H2,1-3H3. The Kier molecular flexibility index (Phi) is 6.76. The lowest BCUT2D eigenvalue weighted by molar-refractivity contribution is -0.143. The number of hydrogen-bond donors (Lipinski definition) is 0. The first-order valence-corrected chi connectivity index (χ1v) is 4.54. The van der Waals surface area contributed by atoms with Gasteiger partial charge in [-0.25, -0.2) is 0 Å². The second kappa shape index (κ2) is 7.10. The highest BCUT2D eigenvalue weighted by Gasteiger charge is 2.03. The van der Waals surface area contributed by atoms with Gasteiger partial charge in [-0.1, -0.05) is 13.8 Å². The quantitative estimate of drug-likeness (QED) is 0.567. The Morgan fingerprint density at radius 3 is 2.58 bits per heavy atom. The summed E-state index contributed by atoms with van der Waals surface area (Å²) in [6.07, 6.45) is 1.40. The molecule has 3 nitrogen and oxygen atoms in total. The van der Waals surface area contributed by atoms with Crippen molar-refractivity contribution in [3.63, 3.8) is 0 Å². The van der Waals surface area contributed by atoms with Crippen LogP contribution in [0, 0.1) is 0 Å². The second-order valence-corrected chi connectivity index (χ2v) is 2.87. The number of esters is 1. The van der Waals surface area contributed by atoms with Gasteiger partial charge in [0.15, 0.2) is 0 Å². The van der Waals surface area contributed by atoms with Gasteiger partial charge in [0.1, 0.15) is 0 Å². The predicted molar refractivity (Wildman–Crippen MR) is 49.0 cm³/mol. The molecule has 0 saturated carbocycles. The van der Waals surface area contributed by atoms with E-state index in [9.17, 15) is 4.79 Å². The molecule has 0 bridgehead atoms. The van der Waals surface area contributed by atoms with Gasteiger partial charge in [-0.05, 0) is 20.0 Å². The van der Waals surface area contributed by atoms with Crippen molar-refractivity contribution < 1.29 is 9.53 Å². The largest absolute Gasteiger partial charge is 0.466 e. The maximum Gasteiger partial charge on any atom is 0.307 e. The lowest BCUT2D eigenvalue weighted by Crippen LogP contribution is -2.22. The molecule has 0 atom stereocenters. The van der Waals surface area contributed by atoms with E-state index in [0.29, 0.717) is 13.0 Å². The van der Waals surface area contributed by atoms with Gasteiger partial charge in [0.25, 0.3) is 0 Å². The lowest BCUT2D eigenvalue weighted by Gasteiger charge is -2.12. The fourth-order valence-electron chi connectivity index (χ4n) is 0.728. The van der Waals surface area contributed by atoms with Gasteiger partial charge in [-0.15, -0.1) is 0 Å². The number of rotatable bonds is 6. The minimum absolute atomic E-state index is 0.0860. The van der Waals surface area contributed by atoms with E-state index in [1.54, 1.807) is 0 Å². The highest BCUT2D eigenvalue weighted by atomic mass is 16.5. The van der Waals surface area contributed by atoms with E-state index in [1.807, 2.05) is 14.0 Å². The van der Waals surface area contributed by atoms with Crippen molar-refractivity contribution in [1.82, 2.24) is 4.90 Å². The molecule has 0 aliphatic heterocycles. The van der Waals surface area contributed by atoms with Crippen LogP contribution in [-0.2, 0) is 9.53 Å². The average molecular weight is 173 g/mol. The van der Waals surface area contributed by atoms with Crippen LogP contribution in [0.25, 0.3) is 0 Å². The smallest absolute Gasteiger partial charge is 0.307 e. The molecular weight excluding hydrogens is 154 g/mol. The van der Waals surface area contributed by atoms with Gasteiger partial charge in [0, 0.05) is 6.54 Å². The van der Waals surface area contributed by atoms with Crippen LogP contribution < -0.4 is 0 Å². The first kappa shape index (κ1) is 11.4. The summed E-state index contributed by atoms with van der Waals surface area (Å²) < 4.78 is 4.92. The van der Waals surface area contributed by atoms with Crippen molar-refractivity contribution in [3.8, 4) is 0 Å². The Labute approximate surface area is 74.7 Å². The Bertz CT molecular complexity index is 126. The molecule has 0 rings (SSSR count). The van der Waals surface area contributed by atoms with Gasteiger partial charge in [-0.2, -0.15) is 0 Å². The molecule has 0 heterocycles. The van der Waals surface area contributed by atoms with Gasteiger partial charge in [0.2, 0.25) is 0 Å². The van der Waals surface area contributed by atoms with Crippen molar-refractivity contribution in [2.24, 2.45) is 0 Å². The van der Waals surface area contributed by atoms with Gasteiger partial charge in [-0.3, -0.25) is 4.79 Å². The van der Waals surface area contributed by atoms with E-state index >= 15 is 0 Å². The van der Waals surface area contributed by atoms with E-state index in [2.05, 4.69) is 11.8 Å². The normalized spacial score (nSPS) is 10.3. The highest BCUT2D eigenvalue weighted by Crippen LogP contribution is 1.91. The van der Waals surface area contributed by atoms with Crippen LogP contribution in [0.3, 0.4) is 0 Å². The van der Waals surface area contributed by atoms with Gasteiger partial charge >= 0.3 is 5.97 Å². The maximum atomic E-state index is 11.0. The molecule has 0 aromatic carbocycles. The van der Waals surface area contributed by atoms with Crippen LogP contribution in [0.1, 0.15) is 26.7 Å². The summed E-state index contributed by atoms with van der Waals surface area (Å²) in [5.74, 6) is -0.0860. The zero-order chi connectivity index (χ0) is 9.40. The first-order valence-electron chi connectivity index (χ1n) is 4.54. The molecule has 0 aromatic heterocycles. The monoisotopic (exact) mass is 173 g/mol. The third-order valence-corrected chi connectivity index (χ3v) is 1.70. The Hall–Kier alpha value is -0.570. The third-order valence-electron chi connectivity index (χ3n) is 1.70. The number of carbonyl (C=O) groups is 1. The summed E-state index contributed by atoms with van der Waals surface area (Å²) >= 11 is 0. The van der Waals surface area contributed by atoms with Crippen LogP contribution in [0.2, 0.25) is 0 Å². The van der Waals surface area contributed by atoms with Crippen molar-refractivity contribution in [3.05, 3.63) is 0 Å². The number of hydrogen-bond acceptors (Lipinski definition) is 3. The van der Waals surface area contributed by atoms with E-state index in [-0.39, 0.29) is 5.97 Å². The summed E-state index contributed by atoms with van der Waals surface area (Å²) in [4.78, 5) is 13.1. The molecule has 0 spiro atoms. The van der Waals surface area contributed by atoms with E-state index < -0.39 is 0 Å². The van der Waals surface area contributed by atoms with Crippen molar-refractivity contribution >= 4 is 5.97 Å².